The standard InChI is InChI=1S/C7H3BrF3O.HI.Zn/c8-5-2-1-3-6(4-5)12-7(9,10)11;;/h1-2,4H;1H;/q-1;;+2/p-1. The number of halogens is 5. The van der Waals surface area contributed by atoms with E-state index in [4.69, 9.17) is 0 Å². The Hall–Kier alpha value is 0.643. The van der Waals surface area contributed by atoms with Crippen molar-refractivity contribution in [3.63, 3.8) is 0 Å². The van der Waals surface area contributed by atoms with Crippen LogP contribution in [0.3, 0.4) is 0 Å². The van der Waals surface area contributed by atoms with Crippen LogP contribution in [0.1, 0.15) is 0 Å². The SMILES string of the molecule is FC(F)(F)Oc1[c-]ccc(Br)c1.[Zn+][I]. The third kappa shape index (κ3) is 7.00. The number of benzene rings is 1. The predicted octanol–water partition coefficient (Wildman–Crippen LogP) is 4.03. The second kappa shape index (κ2) is 7.01. The number of hydrogen-bond donors (Lipinski definition) is 0. The van der Waals surface area contributed by atoms with Crippen molar-refractivity contribution in [2.45, 2.75) is 6.36 Å². The van der Waals surface area contributed by atoms with Crippen LogP contribution in [0, 0.1) is 6.07 Å². The summed E-state index contributed by atoms with van der Waals surface area (Å²) in [6.45, 7) is 0. The van der Waals surface area contributed by atoms with Crippen LogP contribution in [0.5, 0.6) is 5.75 Å². The van der Waals surface area contributed by atoms with E-state index in [-0.39, 0.29) is 5.75 Å². The average Bonchev–Trinajstić information content (AvgIpc) is 2.04. The van der Waals surface area contributed by atoms with Crippen molar-refractivity contribution in [1.82, 2.24) is 0 Å². The van der Waals surface area contributed by atoms with E-state index >= 15 is 0 Å². The van der Waals surface area contributed by atoms with E-state index in [1.807, 2.05) is 0 Å². The van der Waals surface area contributed by atoms with Crippen LogP contribution in [0.2, 0.25) is 0 Å². The third-order valence-electron chi connectivity index (χ3n) is 0.963. The van der Waals surface area contributed by atoms with Gasteiger partial charge in [-0.05, 0) is 0 Å². The second-order valence-corrected chi connectivity index (χ2v) is 2.83. The van der Waals surface area contributed by atoms with Crippen LogP contribution < -0.4 is 4.74 Å². The van der Waals surface area contributed by atoms with Gasteiger partial charge in [-0.1, -0.05) is 20.4 Å². The minimum absolute atomic E-state index is 0.350. The topological polar surface area (TPSA) is 9.23 Å². The molecule has 74 valence electrons. The summed E-state index contributed by atoms with van der Waals surface area (Å²) < 4.78 is 39.0. The average molecular weight is 432 g/mol. The summed E-state index contributed by atoms with van der Waals surface area (Å²) >= 11 is 6.62. The molecule has 0 heterocycles. The zero-order valence-electron chi connectivity index (χ0n) is 6.74. The van der Waals surface area contributed by atoms with Crippen LogP contribution in [0.4, 0.5) is 13.2 Å². The summed E-state index contributed by atoms with van der Waals surface area (Å²) in [5, 5.41) is 0. The first-order chi connectivity index (χ1) is 6.47. The molecule has 0 aliphatic heterocycles. The molecule has 0 aliphatic carbocycles. The maximum absolute atomic E-state index is 11.6. The molecule has 14 heavy (non-hydrogen) atoms. The fourth-order valence-corrected chi connectivity index (χ4v) is 0.942. The van der Waals surface area contributed by atoms with Gasteiger partial charge in [0.25, 0.3) is 0 Å². The van der Waals surface area contributed by atoms with Gasteiger partial charge in [-0.25, -0.2) is 0 Å². The van der Waals surface area contributed by atoms with Gasteiger partial charge in [0.15, 0.2) is 0 Å². The van der Waals surface area contributed by atoms with Crippen molar-refractivity contribution >= 4 is 35.7 Å². The fraction of sp³-hybridized carbons (Fsp3) is 0.143. The summed E-state index contributed by atoms with van der Waals surface area (Å²) in [7, 11) is 0. The number of hydrogen-bond acceptors (Lipinski definition) is 1. The Morgan fingerprint density at radius 1 is 1.43 bits per heavy atom. The minimum atomic E-state index is -4.66. The molecule has 1 rings (SSSR count). The molecular weight excluding hydrogens is 429 g/mol. The molecule has 0 saturated heterocycles. The van der Waals surface area contributed by atoms with Gasteiger partial charge in [0.2, 0.25) is 0 Å². The first-order valence-electron chi connectivity index (χ1n) is 3.17. The number of alkyl halides is 3. The van der Waals surface area contributed by atoms with Crippen LogP contribution >= 0.6 is 35.7 Å². The molecule has 0 aliphatic rings. The molecule has 1 nitrogen and oxygen atoms in total. The maximum atomic E-state index is 11.6. The number of rotatable bonds is 1. The van der Waals surface area contributed by atoms with Gasteiger partial charge in [-0.15, -0.1) is 25.3 Å². The first-order valence-corrected chi connectivity index (χ1v) is 13.0. The van der Waals surface area contributed by atoms with Gasteiger partial charge in [-0.3, -0.25) is 0 Å². The second-order valence-electron chi connectivity index (χ2n) is 1.92. The van der Waals surface area contributed by atoms with Gasteiger partial charge >= 0.3 is 40.9 Å². The van der Waals surface area contributed by atoms with E-state index in [2.05, 4.69) is 46.5 Å². The van der Waals surface area contributed by atoms with Crippen molar-refractivity contribution in [3.8, 4) is 5.75 Å². The quantitative estimate of drug-likeness (QED) is 0.370. The predicted molar refractivity (Wildman–Crippen MR) is 53.7 cm³/mol. The Morgan fingerprint density at radius 2 is 2.00 bits per heavy atom. The van der Waals surface area contributed by atoms with Gasteiger partial charge in [0.1, 0.15) is 0 Å². The van der Waals surface area contributed by atoms with E-state index in [1.165, 1.54) is 26.9 Å². The van der Waals surface area contributed by atoms with Crippen LogP contribution in [0.15, 0.2) is 22.7 Å². The van der Waals surface area contributed by atoms with Crippen molar-refractivity contribution < 1.29 is 32.7 Å². The Labute approximate surface area is 108 Å². The Kier molecular flexibility index (Phi) is 7.33. The summed E-state index contributed by atoms with van der Waals surface area (Å²) in [5.74, 6) is -0.350. The third-order valence-corrected chi connectivity index (χ3v) is 1.46. The summed E-state index contributed by atoms with van der Waals surface area (Å²) in [6, 6.07) is 6.38. The molecule has 0 spiro atoms. The van der Waals surface area contributed by atoms with E-state index < -0.39 is 6.36 Å². The normalized spacial score (nSPS) is 10.2. The van der Waals surface area contributed by atoms with Gasteiger partial charge in [-0.2, -0.15) is 12.1 Å². The molecule has 0 aromatic heterocycles. The van der Waals surface area contributed by atoms with Crippen LogP contribution in [-0.2, 0) is 14.8 Å². The van der Waals surface area contributed by atoms with Crippen LogP contribution in [0.25, 0.3) is 0 Å². The van der Waals surface area contributed by atoms with E-state index in [1.54, 1.807) is 6.07 Å². The molecule has 1 aromatic rings. The summed E-state index contributed by atoms with van der Waals surface area (Å²) in [5.41, 5.74) is 0. The van der Waals surface area contributed by atoms with E-state index in [9.17, 15) is 13.2 Å². The van der Waals surface area contributed by atoms with Crippen molar-refractivity contribution in [3.05, 3.63) is 28.7 Å². The van der Waals surface area contributed by atoms with Crippen molar-refractivity contribution in [1.29, 1.82) is 0 Å². The zero-order valence-corrected chi connectivity index (χ0v) is 13.4. The Bertz CT molecular complexity index is 282. The molecule has 0 atom stereocenters. The molecule has 0 unspecified atom stereocenters. The summed E-state index contributed by atoms with van der Waals surface area (Å²) in [6.07, 6.45) is -4.66. The Balaban J connectivity index is 0.000000791. The molecule has 0 bridgehead atoms. The van der Waals surface area contributed by atoms with Gasteiger partial charge in [0.05, 0.1) is 0 Å². The molecular formula is C7H3BrF3IOZn. The molecule has 0 fully saturated rings. The summed E-state index contributed by atoms with van der Waals surface area (Å²) in [4.78, 5) is 0. The van der Waals surface area contributed by atoms with Crippen molar-refractivity contribution in [2.24, 2.45) is 0 Å². The van der Waals surface area contributed by atoms with Gasteiger partial charge < -0.3 is 4.74 Å². The van der Waals surface area contributed by atoms with Gasteiger partial charge in [0, 0.05) is 5.75 Å². The fourth-order valence-electron chi connectivity index (χ4n) is 0.602. The van der Waals surface area contributed by atoms with E-state index in [0.717, 1.165) is 0 Å². The van der Waals surface area contributed by atoms with Crippen LogP contribution in [-0.4, -0.2) is 6.36 Å². The molecule has 0 radical (unpaired) electrons. The van der Waals surface area contributed by atoms with E-state index in [0.29, 0.717) is 4.47 Å². The molecule has 1 aromatic carbocycles. The number of ether oxygens (including phenoxy) is 1. The van der Waals surface area contributed by atoms with Crippen molar-refractivity contribution in [2.75, 3.05) is 0 Å². The molecule has 0 saturated carbocycles. The molecule has 0 N–H and O–H groups in total. The zero-order chi connectivity index (χ0) is 11.2. The molecule has 0 amide bonds. The molecule has 7 heteroatoms. The Morgan fingerprint density at radius 3 is 2.43 bits per heavy atom. The monoisotopic (exact) mass is 430 g/mol. The first kappa shape index (κ1) is 14.6.